The Kier molecular flexibility index (Phi) is 4.42. The molecule has 1 aliphatic carbocycles. The first kappa shape index (κ1) is 16.5. The van der Waals surface area contributed by atoms with Crippen molar-refractivity contribution in [3.05, 3.63) is 29.3 Å². The van der Waals surface area contributed by atoms with Gasteiger partial charge in [0.25, 0.3) is 0 Å². The number of hydrogen-bond acceptors (Lipinski definition) is 4. The standard InChI is InChI=1S/C20H25N3OS/c1-13-19(16-11-15(24-3)9-10-18(16)23(13)2)17-12-25-20(22-17)21-14-7-5-4-6-8-14/h9-12,14H,4-8H2,1-3H3,(H,21,22). The Morgan fingerprint density at radius 3 is 2.80 bits per heavy atom. The maximum atomic E-state index is 5.43. The molecule has 3 aromatic rings. The topological polar surface area (TPSA) is 39.1 Å². The summed E-state index contributed by atoms with van der Waals surface area (Å²) in [5.41, 5.74) is 4.71. The van der Waals surface area contributed by atoms with E-state index in [2.05, 4.69) is 41.4 Å². The normalized spacial score (nSPS) is 15.6. The van der Waals surface area contributed by atoms with Crippen LogP contribution in [0.15, 0.2) is 23.6 Å². The van der Waals surface area contributed by atoms with Crippen molar-refractivity contribution >= 4 is 27.4 Å². The number of thiazole rings is 1. The van der Waals surface area contributed by atoms with Crippen molar-refractivity contribution in [2.45, 2.75) is 45.1 Å². The number of ether oxygens (including phenoxy) is 1. The van der Waals surface area contributed by atoms with Crippen LogP contribution in [-0.4, -0.2) is 22.7 Å². The van der Waals surface area contributed by atoms with Crippen LogP contribution in [0, 0.1) is 6.92 Å². The zero-order valence-corrected chi connectivity index (χ0v) is 15.9. The molecule has 1 N–H and O–H groups in total. The molecule has 1 aromatic carbocycles. The van der Waals surface area contributed by atoms with Crippen molar-refractivity contribution < 1.29 is 4.74 Å². The first-order valence-corrected chi connectivity index (χ1v) is 9.91. The van der Waals surface area contributed by atoms with Gasteiger partial charge in [-0.3, -0.25) is 0 Å². The maximum absolute atomic E-state index is 5.43. The van der Waals surface area contributed by atoms with Gasteiger partial charge in [-0.15, -0.1) is 11.3 Å². The molecule has 2 heterocycles. The number of anilines is 1. The van der Waals surface area contributed by atoms with E-state index in [-0.39, 0.29) is 0 Å². The summed E-state index contributed by atoms with van der Waals surface area (Å²) in [5.74, 6) is 0.884. The Labute approximate surface area is 152 Å². The Morgan fingerprint density at radius 2 is 2.04 bits per heavy atom. The fourth-order valence-electron chi connectivity index (χ4n) is 3.88. The number of fused-ring (bicyclic) bond motifs is 1. The Morgan fingerprint density at radius 1 is 1.24 bits per heavy atom. The monoisotopic (exact) mass is 355 g/mol. The zero-order valence-electron chi connectivity index (χ0n) is 15.1. The summed E-state index contributed by atoms with van der Waals surface area (Å²) < 4.78 is 7.66. The Balaban J connectivity index is 1.70. The minimum Gasteiger partial charge on any atom is -0.497 e. The lowest BCUT2D eigenvalue weighted by Crippen LogP contribution is -2.21. The SMILES string of the molecule is COc1ccc2c(c1)c(-c1csc(NC3CCCCC3)n1)c(C)n2C. The second kappa shape index (κ2) is 6.71. The van der Waals surface area contributed by atoms with E-state index in [1.165, 1.54) is 54.3 Å². The number of benzene rings is 1. The molecule has 0 radical (unpaired) electrons. The molecule has 4 rings (SSSR count). The molecule has 0 amide bonds. The van der Waals surface area contributed by atoms with E-state index in [1.807, 2.05) is 6.07 Å². The average molecular weight is 356 g/mol. The van der Waals surface area contributed by atoms with Crippen LogP contribution in [0.3, 0.4) is 0 Å². The predicted octanol–water partition coefficient (Wildman–Crippen LogP) is 5.36. The van der Waals surface area contributed by atoms with Crippen LogP contribution in [0.4, 0.5) is 5.13 Å². The quantitative estimate of drug-likeness (QED) is 0.684. The zero-order chi connectivity index (χ0) is 17.4. The first-order chi connectivity index (χ1) is 12.2. The van der Waals surface area contributed by atoms with Crippen molar-refractivity contribution in [1.82, 2.24) is 9.55 Å². The Hall–Kier alpha value is -2.01. The molecule has 0 unspecified atom stereocenters. The van der Waals surface area contributed by atoms with Crippen LogP contribution in [0.1, 0.15) is 37.8 Å². The lowest BCUT2D eigenvalue weighted by atomic mass is 9.96. The second-order valence-corrected chi connectivity index (χ2v) is 7.78. The van der Waals surface area contributed by atoms with Crippen molar-refractivity contribution in [2.75, 3.05) is 12.4 Å². The maximum Gasteiger partial charge on any atom is 0.183 e. The summed E-state index contributed by atoms with van der Waals surface area (Å²) in [6.07, 6.45) is 6.56. The molecule has 2 aromatic heterocycles. The third-order valence-electron chi connectivity index (χ3n) is 5.39. The number of rotatable bonds is 4. The summed E-state index contributed by atoms with van der Waals surface area (Å²) in [4.78, 5) is 4.91. The molecule has 1 fully saturated rings. The molecule has 0 spiro atoms. The molecule has 0 atom stereocenters. The summed E-state index contributed by atoms with van der Waals surface area (Å²) in [6, 6.07) is 6.84. The third kappa shape index (κ3) is 3.01. The highest BCUT2D eigenvalue weighted by molar-refractivity contribution is 7.14. The Bertz CT molecular complexity index is 890. The highest BCUT2D eigenvalue weighted by Gasteiger charge is 2.19. The van der Waals surface area contributed by atoms with Gasteiger partial charge in [-0.2, -0.15) is 0 Å². The van der Waals surface area contributed by atoms with E-state index in [0.29, 0.717) is 6.04 Å². The van der Waals surface area contributed by atoms with Crippen LogP contribution in [0.5, 0.6) is 5.75 Å². The number of aryl methyl sites for hydroxylation is 1. The summed E-state index contributed by atoms with van der Waals surface area (Å²) >= 11 is 1.71. The van der Waals surface area contributed by atoms with E-state index in [4.69, 9.17) is 9.72 Å². The van der Waals surface area contributed by atoms with Crippen LogP contribution >= 0.6 is 11.3 Å². The molecule has 5 heteroatoms. The average Bonchev–Trinajstić information content (AvgIpc) is 3.18. The number of aromatic nitrogens is 2. The van der Waals surface area contributed by atoms with Crippen LogP contribution in [0.2, 0.25) is 0 Å². The van der Waals surface area contributed by atoms with Crippen LogP contribution < -0.4 is 10.1 Å². The van der Waals surface area contributed by atoms with Gasteiger partial charge in [0.15, 0.2) is 5.13 Å². The molecular formula is C20H25N3OS. The minimum atomic E-state index is 0.585. The molecule has 0 bridgehead atoms. The van der Waals surface area contributed by atoms with E-state index in [9.17, 15) is 0 Å². The van der Waals surface area contributed by atoms with Crippen molar-refractivity contribution in [1.29, 1.82) is 0 Å². The predicted molar refractivity (Wildman–Crippen MR) is 106 cm³/mol. The number of nitrogens with one attached hydrogen (secondary N) is 1. The van der Waals surface area contributed by atoms with Gasteiger partial charge >= 0.3 is 0 Å². The molecular weight excluding hydrogens is 330 g/mol. The van der Waals surface area contributed by atoms with Crippen LogP contribution in [-0.2, 0) is 7.05 Å². The van der Waals surface area contributed by atoms with Crippen molar-refractivity contribution in [3.63, 3.8) is 0 Å². The van der Waals surface area contributed by atoms with Gasteiger partial charge in [-0.25, -0.2) is 4.98 Å². The molecule has 0 aliphatic heterocycles. The van der Waals surface area contributed by atoms with Gasteiger partial charge in [-0.1, -0.05) is 19.3 Å². The lowest BCUT2D eigenvalue weighted by molar-refractivity contribution is 0.415. The van der Waals surface area contributed by atoms with Crippen LogP contribution in [0.25, 0.3) is 22.2 Å². The van der Waals surface area contributed by atoms with Gasteiger partial charge in [0.2, 0.25) is 0 Å². The van der Waals surface area contributed by atoms with Crippen molar-refractivity contribution in [3.8, 4) is 17.0 Å². The first-order valence-electron chi connectivity index (χ1n) is 9.03. The molecule has 4 nitrogen and oxygen atoms in total. The minimum absolute atomic E-state index is 0.585. The van der Waals surface area contributed by atoms with E-state index in [0.717, 1.165) is 16.6 Å². The van der Waals surface area contributed by atoms with Gasteiger partial charge in [0.1, 0.15) is 5.75 Å². The van der Waals surface area contributed by atoms with Gasteiger partial charge in [0, 0.05) is 40.6 Å². The largest absolute Gasteiger partial charge is 0.497 e. The smallest absolute Gasteiger partial charge is 0.183 e. The fraction of sp³-hybridized carbons (Fsp3) is 0.450. The van der Waals surface area contributed by atoms with Crippen molar-refractivity contribution in [2.24, 2.45) is 7.05 Å². The summed E-state index contributed by atoms with van der Waals surface area (Å²) in [5, 5.41) is 8.06. The van der Waals surface area contributed by atoms with E-state index < -0.39 is 0 Å². The van der Waals surface area contributed by atoms with Gasteiger partial charge < -0.3 is 14.6 Å². The van der Waals surface area contributed by atoms with E-state index >= 15 is 0 Å². The number of hydrogen-bond donors (Lipinski definition) is 1. The third-order valence-corrected chi connectivity index (χ3v) is 6.17. The highest BCUT2D eigenvalue weighted by atomic mass is 32.1. The molecule has 1 saturated carbocycles. The fourth-order valence-corrected chi connectivity index (χ4v) is 4.66. The summed E-state index contributed by atoms with van der Waals surface area (Å²) in [6.45, 7) is 2.16. The van der Waals surface area contributed by atoms with Gasteiger partial charge in [-0.05, 0) is 38.0 Å². The summed E-state index contributed by atoms with van der Waals surface area (Å²) in [7, 11) is 3.83. The second-order valence-electron chi connectivity index (χ2n) is 6.92. The number of methoxy groups -OCH3 is 1. The highest BCUT2D eigenvalue weighted by Crippen LogP contribution is 2.37. The molecule has 1 aliphatic rings. The molecule has 25 heavy (non-hydrogen) atoms. The molecule has 132 valence electrons. The number of nitrogens with zero attached hydrogens (tertiary/aromatic N) is 2. The molecule has 0 saturated heterocycles. The van der Waals surface area contributed by atoms with E-state index in [1.54, 1.807) is 18.4 Å². The lowest BCUT2D eigenvalue weighted by Gasteiger charge is -2.22. The van der Waals surface area contributed by atoms with Gasteiger partial charge in [0.05, 0.1) is 12.8 Å².